The Morgan fingerprint density at radius 3 is 2.89 bits per heavy atom. The number of aliphatic hydroxyl groups excluding tert-OH is 1. The van der Waals surface area contributed by atoms with E-state index in [0.29, 0.717) is 6.42 Å². The van der Waals surface area contributed by atoms with Crippen LogP contribution in [0.4, 0.5) is 0 Å². The number of nitrogens with zero attached hydrogens (tertiary/aromatic N) is 2. The molecule has 0 spiro atoms. The Morgan fingerprint density at radius 1 is 1.11 bits per heavy atom. The molecule has 3 atom stereocenters. The number of imidazole rings is 1. The zero-order valence-electron chi connectivity index (χ0n) is 15.6. The largest absolute Gasteiger partial charge is 0.490 e. The number of pyridine rings is 1. The highest BCUT2D eigenvalue weighted by atomic mass is 16.5. The van der Waals surface area contributed by atoms with Gasteiger partial charge in [-0.05, 0) is 60.9 Å². The van der Waals surface area contributed by atoms with Gasteiger partial charge in [0.25, 0.3) is 0 Å². The number of aliphatic hydroxyl groups is 1. The van der Waals surface area contributed by atoms with Gasteiger partial charge in [-0.1, -0.05) is 6.07 Å². The van der Waals surface area contributed by atoms with Crippen molar-refractivity contribution in [3.63, 3.8) is 0 Å². The molecule has 0 amide bonds. The zero-order valence-corrected chi connectivity index (χ0v) is 15.6. The summed E-state index contributed by atoms with van der Waals surface area (Å²) < 4.78 is 6.38. The molecule has 3 N–H and O–H groups in total. The van der Waals surface area contributed by atoms with E-state index in [9.17, 15) is 5.11 Å². The van der Waals surface area contributed by atoms with Crippen molar-refractivity contribution in [2.45, 2.75) is 25.7 Å². The molecule has 6 heteroatoms. The Bertz CT molecular complexity index is 1140. The minimum atomic E-state index is -0.443. The summed E-state index contributed by atoms with van der Waals surface area (Å²) in [6.07, 6.45) is 3.75. The van der Waals surface area contributed by atoms with Crippen LogP contribution in [0.15, 0.2) is 55.0 Å². The normalized spacial score (nSPS) is 20.6. The van der Waals surface area contributed by atoms with Crippen LogP contribution in [0, 0.1) is 5.92 Å². The molecule has 3 heterocycles. The Kier molecular flexibility index (Phi) is 4.22. The fourth-order valence-corrected chi connectivity index (χ4v) is 3.92. The Morgan fingerprint density at radius 2 is 2.04 bits per heavy atom. The van der Waals surface area contributed by atoms with Crippen LogP contribution in [-0.2, 0) is 0 Å². The van der Waals surface area contributed by atoms with Crippen LogP contribution < -0.4 is 10.1 Å². The Hall–Kier alpha value is -2.96. The quantitative estimate of drug-likeness (QED) is 0.509. The molecule has 2 aromatic carbocycles. The molecule has 0 radical (unpaired) electrons. The van der Waals surface area contributed by atoms with Gasteiger partial charge < -0.3 is 14.8 Å². The fourth-order valence-electron chi connectivity index (χ4n) is 3.92. The lowest BCUT2D eigenvalue weighted by Gasteiger charge is -2.22. The molecule has 1 saturated heterocycles. The molecule has 0 aliphatic carbocycles. The van der Waals surface area contributed by atoms with Crippen LogP contribution >= 0.6 is 0 Å². The second kappa shape index (κ2) is 6.89. The highest BCUT2D eigenvalue weighted by Gasteiger charge is 2.28. The monoisotopic (exact) mass is 374 g/mol. The highest BCUT2D eigenvalue weighted by molar-refractivity contribution is 5.91. The SMILES string of the molecule is CC(Oc1cc(-c2ccc3nc[nH]c3c2)cc2ncccc12)C1CNC(O)C1. The van der Waals surface area contributed by atoms with Crippen molar-refractivity contribution in [3.8, 4) is 16.9 Å². The lowest BCUT2D eigenvalue weighted by Crippen LogP contribution is -2.25. The smallest absolute Gasteiger partial charge is 0.129 e. The predicted octanol–water partition coefficient (Wildman–Crippen LogP) is 3.47. The topological polar surface area (TPSA) is 83.1 Å². The predicted molar refractivity (Wildman–Crippen MR) is 109 cm³/mol. The van der Waals surface area contributed by atoms with Crippen molar-refractivity contribution in [3.05, 3.63) is 55.0 Å². The number of rotatable bonds is 4. The zero-order chi connectivity index (χ0) is 19.1. The summed E-state index contributed by atoms with van der Waals surface area (Å²) in [7, 11) is 0. The second-order valence-electron chi connectivity index (χ2n) is 7.42. The van der Waals surface area contributed by atoms with E-state index < -0.39 is 6.23 Å². The number of fused-ring (bicyclic) bond motifs is 2. The molecule has 2 aromatic heterocycles. The van der Waals surface area contributed by atoms with Crippen LogP contribution in [0.25, 0.3) is 33.1 Å². The van der Waals surface area contributed by atoms with Crippen molar-refractivity contribution < 1.29 is 9.84 Å². The van der Waals surface area contributed by atoms with Crippen molar-refractivity contribution in [1.29, 1.82) is 0 Å². The van der Waals surface area contributed by atoms with E-state index in [2.05, 4.69) is 51.5 Å². The molecular weight excluding hydrogens is 352 g/mol. The Labute approximate surface area is 162 Å². The van der Waals surface area contributed by atoms with Gasteiger partial charge in [0.2, 0.25) is 0 Å². The number of benzene rings is 2. The number of hydrogen-bond acceptors (Lipinski definition) is 5. The summed E-state index contributed by atoms with van der Waals surface area (Å²) >= 11 is 0. The third-order valence-electron chi connectivity index (χ3n) is 5.55. The highest BCUT2D eigenvalue weighted by Crippen LogP contribution is 2.34. The van der Waals surface area contributed by atoms with Crippen LogP contribution in [0.5, 0.6) is 5.75 Å². The number of aromatic nitrogens is 3. The van der Waals surface area contributed by atoms with Gasteiger partial charge in [-0.15, -0.1) is 0 Å². The van der Waals surface area contributed by atoms with Gasteiger partial charge in [0.15, 0.2) is 0 Å². The molecular formula is C22H22N4O2. The van der Waals surface area contributed by atoms with Gasteiger partial charge in [0.1, 0.15) is 18.1 Å². The molecule has 1 aliphatic rings. The van der Waals surface area contributed by atoms with Gasteiger partial charge in [0.05, 0.1) is 22.9 Å². The third-order valence-corrected chi connectivity index (χ3v) is 5.55. The average Bonchev–Trinajstić information content (AvgIpc) is 3.36. The molecule has 1 aliphatic heterocycles. The summed E-state index contributed by atoms with van der Waals surface area (Å²) in [6, 6.07) is 14.3. The van der Waals surface area contributed by atoms with Crippen molar-refractivity contribution >= 4 is 21.9 Å². The molecule has 3 unspecified atom stereocenters. The number of hydrogen-bond donors (Lipinski definition) is 3. The minimum absolute atomic E-state index is 0.0154. The van der Waals surface area contributed by atoms with E-state index in [0.717, 1.165) is 45.4 Å². The molecule has 4 aromatic rings. The lowest BCUT2D eigenvalue weighted by molar-refractivity contribution is 0.128. The number of nitrogens with one attached hydrogen (secondary N) is 2. The molecule has 5 rings (SSSR count). The summed E-state index contributed by atoms with van der Waals surface area (Å²) in [5.74, 6) is 1.09. The molecule has 28 heavy (non-hydrogen) atoms. The summed E-state index contributed by atoms with van der Waals surface area (Å²) in [5, 5.41) is 13.8. The molecule has 0 bridgehead atoms. The number of ether oxygens (including phenoxy) is 1. The van der Waals surface area contributed by atoms with Gasteiger partial charge >= 0.3 is 0 Å². The van der Waals surface area contributed by atoms with Crippen LogP contribution in [0.2, 0.25) is 0 Å². The van der Waals surface area contributed by atoms with E-state index in [1.807, 2.05) is 18.2 Å². The van der Waals surface area contributed by atoms with E-state index in [1.54, 1.807) is 12.5 Å². The second-order valence-corrected chi connectivity index (χ2v) is 7.42. The van der Waals surface area contributed by atoms with Gasteiger partial charge in [-0.3, -0.25) is 10.3 Å². The lowest BCUT2D eigenvalue weighted by atomic mass is 10.0. The van der Waals surface area contributed by atoms with Crippen molar-refractivity contribution in [1.82, 2.24) is 20.3 Å². The molecule has 142 valence electrons. The van der Waals surface area contributed by atoms with Gasteiger partial charge in [0, 0.05) is 24.0 Å². The Balaban J connectivity index is 1.55. The summed E-state index contributed by atoms with van der Waals surface area (Å²) in [5.41, 5.74) is 4.98. The molecule has 6 nitrogen and oxygen atoms in total. The first-order valence-electron chi connectivity index (χ1n) is 9.58. The van der Waals surface area contributed by atoms with Crippen molar-refractivity contribution in [2.75, 3.05) is 6.54 Å². The standard InChI is InChI=1S/C22H22N4O2/c1-13(16-10-22(27)24-11-16)28-21-9-15(8-19-17(21)3-2-6-23-19)14-4-5-18-20(7-14)26-12-25-18/h2-9,12-13,16,22,24,27H,10-11H2,1H3,(H,25,26). The minimum Gasteiger partial charge on any atom is -0.490 e. The van der Waals surface area contributed by atoms with E-state index in [1.165, 1.54) is 0 Å². The maximum atomic E-state index is 9.76. The average molecular weight is 374 g/mol. The maximum Gasteiger partial charge on any atom is 0.129 e. The first kappa shape index (κ1) is 17.2. The third kappa shape index (κ3) is 3.10. The molecule has 1 fully saturated rings. The number of aromatic amines is 1. The summed E-state index contributed by atoms with van der Waals surface area (Å²) in [4.78, 5) is 12.0. The maximum absolute atomic E-state index is 9.76. The first-order chi connectivity index (χ1) is 13.7. The summed E-state index contributed by atoms with van der Waals surface area (Å²) in [6.45, 7) is 2.82. The van der Waals surface area contributed by atoms with Crippen LogP contribution in [-0.4, -0.2) is 38.9 Å². The number of H-pyrrole nitrogens is 1. The first-order valence-corrected chi connectivity index (χ1v) is 9.58. The van der Waals surface area contributed by atoms with E-state index >= 15 is 0 Å². The van der Waals surface area contributed by atoms with Crippen LogP contribution in [0.1, 0.15) is 13.3 Å². The molecule has 0 saturated carbocycles. The fraction of sp³-hybridized carbons (Fsp3) is 0.273. The van der Waals surface area contributed by atoms with Crippen molar-refractivity contribution in [2.24, 2.45) is 5.92 Å². The van der Waals surface area contributed by atoms with Gasteiger partial charge in [-0.2, -0.15) is 0 Å². The van der Waals surface area contributed by atoms with Gasteiger partial charge in [-0.25, -0.2) is 4.98 Å². The van der Waals surface area contributed by atoms with E-state index in [-0.39, 0.29) is 12.0 Å². The van der Waals surface area contributed by atoms with Crippen LogP contribution in [0.3, 0.4) is 0 Å². The van der Waals surface area contributed by atoms with E-state index in [4.69, 9.17) is 4.74 Å².